The van der Waals surface area contributed by atoms with Gasteiger partial charge in [0, 0.05) is 18.7 Å². The smallest absolute Gasteiger partial charge is 0.345 e. The van der Waals surface area contributed by atoms with Crippen molar-refractivity contribution in [1.29, 1.82) is 0 Å². The number of carboxylic acids is 1. The zero-order chi connectivity index (χ0) is 18.5. The lowest BCUT2D eigenvalue weighted by Crippen LogP contribution is -2.23. The summed E-state index contributed by atoms with van der Waals surface area (Å²) < 4.78 is 11.5. The summed E-state index contributed by atoms with van der Waals surface area (Å²) in [5.74, 6) is -0.594. The number of carbonyl (C=O) groups excluding carboxylic acids is 1. The molecule has 1 amide bonds. The van der Waals surface area contributed by atoms with Crippen LogP contribution in [0, 0.1) is 6.92 Å². The molecule has 1 unspecified atom stereocenters. The van der Waals surface area contributed by atoms with Crippen molar-refractivity contribution in [2.45, 2.75) is 32.4 Å². The highest BCUT2D eigenvalue weighted by atomic mass is 32.1. The Hall–Kier alpha value is -2.38. The van der Waals surface area contributed by atoms with E-state index in [9.17, 15) is 9.59 Å². The van der Waals surface area contributed by atoms with Gasteiger partial charge in [-0.1, -0.05) is 12.1 Å². The van der Waals surface area contributed by atoms with Crippen LogP contribution in [0.3, 0.4) is 0 Å². The first-order valence-corrected chi connectivity index (χ1v) is 9.30. The van der Waals surface area contributed by atoms with Crippen molar-refractivity contribution in [3.8, 4) is 5.75 Å². The number of aromatic carboxylic acids is 1. The largest absolute Gasteiger partial charge is 0.491 e. The Balaban J connectivity index is 1.62. The minimum absolute atomic E-state index is 0.124. The fourth-order valence-electron chi connectivity index (χ4n) is 2.74. The van der Waals surface area contributed by atoms with Gasteiger partial charge in [-0.05, 0) is 43.5 Å². The molecule has 138 valence electrons. The Bertz CT molecular complexity index is 795. The average molecular weight is 375 g/mol. The Morgan fingerprint density at radius 2 is 2.12 bits per heavy atom. The molecule has 1 aromatic heterocycles. The topological polar surface area (TPSA) is 84.9 Å². The van der Waals surface area contributed by atoms with E-state index in [1.165, 1.54) is 12.1 Å². The quantitative estimate of drug-likeness (QED) is 0.776. The van der Waals surface area contributed by atoms with Gasteiger partial charge in [-0.25, -0.2) is 4.79 Å². The number of amides is 1. The van der Waals surface area contributed by atoms with E-state index in [0.29, 0.717) is 18.0 Å². The van der Waals surface area contributed by atoms with Crippen LogP contribution in [0.25, 0.3) is 0 Å². The maximum atomic E-state index is 12.2. The molecule has 2 heterocycles. The van der Waals surface area contributed by atoms with Gasteiger partial charge in [-0.3, -0.25) is 4.79 Å². The van der Waals surface area contributed by atoms with E-state index in [-0.39, 0.29) is 16.9 Å². The number of thiophene rings is 1. The normalized spacial score (nSPS) is 16.4. The van der Waals surface area contributed by atoms with Crippen LogP contribution in [0.2, 0.25) is 0 Å². The van der Waals surface area contributed by atoms with Crippen molar-refractivity contribution in [2.75, 3.05) is 13.2 Å². The first-order valence-electron chi connectivity index (χ1n) is 8.48. The Kier molecular flexibility index (Phi) is 5.90. The summed E-state index contributed by atoms with van der Waals surface area (Å²) in [6.45, 7) is 3.57. The molecule has 1 aliphatic heterocycles. The number of carbonyl (C=O) groups is 2. The molecule has 2 aromatic rings. The molecule has 0 radical (unpaired) electrons. The second-order valence-electron chi connectivity index (χ2n) is 6.21. The van der Waals surface area contributed by atoms with E-state index >= 15 is 0 Å². The standard InChI is InChI=1S/C19H21NO5S/c1-12-4-5-13(15(9-12)25-11-14-3-2-8-24-14)10-20-18(21)16-6-7-17(26-16)19(22)23/h4-7,9,14H,2-3,8,10-11H2,1H3,(H,20,21)(H,22,23). The summed E-state index contributed by atoms with van der Waals surface area (Å²) in [6, 6.07) is 8.80. The van der Waals surface area contributed by atoms with E-state index < -0.39 is 5.97 Å². The number of nitrogens with one attached hydrogen (secondary N) is 1. The van der Waals surface area contributed by atoms with Crippen LogP contribution >= 0.6 is 11.3 Å². The molecule has 1 atom stereocenters. The van der Waals surface area contributed by atoms with Crippen LogP contribution in [0.4, 0.5) is 0 Å². The van der Waals surface area contributed by atoms with Gasteiger partial charge < -0.3 is 19.9 Å². The third-order valence-corrected chi connectivity index (χ3v) is 5.22. The molecule has 0 spiro atoms. The fraction of sp³-hybridized carbons (Fsp3) is 0.368. The van der Waals surface area contributed by atoms with Crippen LogP contribution in [0.15, 0.2) is 30.3 Å². The van der Waals surface area contributed by atoms with Crippen LogP contribution in [0.5, 0.6) is 5.75 Å². The number of ether oxygens (including phenoxy) is 2. The molecule has 26 heavy (non-hydrogen) atoms. The number of rotatable bonds is 7. The van der Waals surface area contributed by atoms with Crippen molar-refractivity contribution in [3.05, 3.63) is 51.2 Å². The lowest BCUT2D eigenvalue weighted by Gasteiger charge is -2.15. The zero-order valence-electron chi connectivity index (χ0n) is 14.5. The van der Waals surface area contributed by atoms with Gasteiger partial charge in [0.1, 0.15) is 17.2 Å². The maximum absolute atomic E-state index is 12.2. The van der Waals surface area contributed by atoms with Gasteiger partial charge >= 0.3 is 5.97 Å². The molecular formula is C19H21NO5S. The molecule has 0 bridgehead atoms. The monoisotopic (exact) mass is 375 g/mol. The van der Waals surface area contributed by atoms with Gasteiger partial charge in [0.2, 0.25) is 0 Å². The molecule has 6 nitrogen and oxygen atoms in total. The molecular weight excluding hydrogens is 354 g/mol. The predicted octanol–water partition coefficient (Wildman–Crippen LogP) is 3.24. The second-order valence-corrected chi connectivity index (χ2v) is 7.29. The van der Waals surface area contributed by atoms with E-state index in [0.717, 1.165) is 47.7 Å². The predicted molar refractivity (Wildman–Crippen MR) is 98.1 cm³/mol. The Morgan fingerprint density at radius 3 is 2.81 bits per heavy atom. The molecule has 0 saturated carbocycles. The SMILES string of the molecule is Cc1ccc(CNC(=O)c2ccc(C(=O)O)s2)c(OCC2CCCO2)c1. The molecule has 1 aliphatic rings. The lowest BCUT2D eigenvalue weighted by atomic mass is 10.1. The number of carboxylic acid groups (broad SMARTS) is 1. The second kappa shape index (κ2) is 8.33. The lowest BCUT2D eigenvalue weighted by molar-refractivity contribution is 0.0675. The van der Waals surface area contributed by atoms with Crippen LogP contribution < -0.4 is 10.1 Å². The van der Waals surface area contributed by atoms with E-state index in [2.05, 4.69) is 5.32 Å². The van der Waals surface area contributed by atoms with Gasteiger partial charge in [0.05, 0.1) is 11.0 Å². The van der Waals surface area contributed by atoms with Crippen LogP contribution in [-0.2, 0) is 11.3 Å². The van der Waals surface area contributed by atoms with E-state index in [1.807, 2.05) is 25.1 Å². The average Bonchev–Trinajstić information content (AvgIpc) is 3.30. The third kappa shape index (κ3) is 4.62. The van der Waals surface area contributed by atoms with E-state index in [4.69, 9.17) is 14.6 Å². The number of hydrogen-bond donors (Lipinski definition) is 2. The summed E-state index contributed by atoms with van der Waals surface area (Å²) in [6.07, 6.45) is 2.19. The molecule has 7 heteroatoms. The zero-order valence-corrected chi connectivity index (χ0v) is 15.3. The van der Waals surface area contributed by atoms with Crippen molar-refractivity contribution in [3.63, 3.8) is 0 Å². The van der Waals surface area contributed by atoms with E-state index in [1.54, 1.807) is 0 Å². The third-order valence-electron chi connectivity index (χ3n) is 4.15. The molecule has 1 fully saturated rings. The van der Waals surface area contributed by atoms with Crippen molar-refractivity contribution < 1.29 is 24.2 Å². The van der Waals surface area contributed by atoms with Crippen molar-refractivity contribution in [2.24, 2.45) is 0 Å². The van der Waals surface area contributed by atoms with Crippen LogP contribution in [-0.4, -0.2) is 36.3 Å². The number of benzene rings is 1. The Morgan fingerprint density at radius 1 is 1.31 bits per heavy atom. The summed E-state index contributed by atoms with van der Waals surface area (Å²) in [7, 11) is 0. The highest BCUT2D eigenvalue weighted by Gasteiger charge is 2.17. The summed E-state index contributed by atoms with van der Waals surface area (Å²) in [5.41, 5.74) is 1.95. The minimum atomic E-state index is -1.03. The highest BCUT2D eigenvalue weighted by Crippen LogP contribution is 2.23. The maximum Gasteiger partial charge on any atom is 0.345 e. The minimum Gasteiger partial charge on any atom is -0.491 e. The summed E-state index contributed by atoms with van der Waals surface area (Å²) in [4.78, 5) is 23.7. The van der Waals surface area contributed by atoms with Crippen LogP contribution in [0.1, 0.15) is 43.3 Å². The summed E-state index contributed by atoms with van der Waals surface area (Å²) in [5, 5.41) is 11.8. The van der Waals surface area contributed by atoms with Crippen molar-refractivity contribution >= 4 is 23.2 Å². The number of aryl methyl sites for hydroxylation is 1. The van der Waals surface area contributed by atoms with Crippen molar-refractivity contribution in [1.82, 2.24) is 5.32 Å². The highest BCUT2D eigenvalue weighted by molar-refractivity contribution is 7.15. The van der Waals surface area contributed by atoms with Gasteiger partial charge in [0.15, 0.2) is 0 Å². The molecule has 1 saturated heterocycles. The fourth-order valence-corrected chi connectivity index (χ4v) is 3.50. The number of hydrogen-bond acceptors (Lipinski definition) is 5. The first-order chi connectivity index (χ1) is 12.5. The van der Waals surface area contributed by atoms with Gasteiger partial charge in [-0.2, -0.15) is 0 Å². The van der Waals surface area contributed by atoms with Gasteiger partial charge in [-0.15, -0.1) is 11.3 Å². The molecule has 1 aromatic carbocycles. The van der Waals surface area contributed by atoms with Gasteiger partial charge in [0.25, 0.3) is 5.91 Å². The molecule has 0 aliphatic carbocycles. The summed E-state index contributed by atoms with van der Waals surface area (Å²) >= 11 is 0.959. The molecule has 2 N–H and O–H groups in total. The first kappa shape index (κ1) is 18.4. The molecule has 3 rings (SSSR count). The Labute approximate surface area is 155 Å².